The summed E-state index contributed by atoms with van der Waals surface area (Å²) in [4.78, 5) is 48.9. The molecule has 0 saturated heterocycles. The van der Waals surface area contributed by atoms with Crippen molar-refractivity contribution in [2.45, 2.75) is 98.1 Å². The lowest BCUT2D eigenvalue weighted by atomic mass is 9.86. The molecule has 1 aromatic carbocycles. The first-order valence-corrected chi connectivity index (χ1v) is 13.3. The standard InChI is InChI=1S/C28H43NO9/c1-7-10-11-14-35-27(34)36-20(6)16-28(29,26(32)33)17-21-12-13-22(37-24(30)18(4)8-2)23(15-21)38-25(31)19(5)9-3/h12-13,15,18-20H,7-11,14,16-17,29H2,1-6H3,(H,32,33)/t18?,19?,20-,28?/m0/s1. The van der Waals surface area contributed by atoms with Crippen molar-refractivity contribution in [3.63, 3.8) is 0 Å². The van der Waals surface area contributed by atoms with Gasteiger partial charge in [-0.1, -0.05) is 53.5 Å². The first kappa shape index (κ1) is 32.9. The number of ether oxygens (including phenoxy) is 4. The summed E-state index contributed by atoms with van der Waals surface area (Å²) in [5.41, 5.74) is 4.88. The number of nitrogens with two attached hydrogens (primary N) is 1. The van der Waals surface area contributed by atoms with Gasteiger partial charge in [0.1, 0.15) is 11.6 Å². The lowest BCUT2D eigenvalue weighted by molar-refractivity contribution is -0.145. The molecule has 0 bridgehead atoms. The van der Waals surface area contributed by atoms with Crippen molar-refractivity contribution in [1.29, 1.82) is 0 Å². The molecule has 0 amide bonds. The number of carbonyl (C=O) groups is 4. The van der Waals surface area contributed by atoms with Crippen molar-refractivity contribution < 1.29 is 43.2 Å². The van der Waals surface area contributed by atoms with Crippen molar-refractivity contribution in [2.24, 2.45) is 17.6 Å². The smallest absolute Gasteiger partial charge is 0.480 e. The molecule has 0 aliphatic carbocycles. The van der Waals surface area contributed by atoms with Gasteiger partial charge in [-0.05, 0) is 43.9 Å². The zero-order valence-electron chi connectivity index (χ0n) is 23.4. The van der Waals surface area contributed by atoms with Crippen LogP contribution in [0.15, 0.2) is 18.2 Å². The minimum absolute atomic E-state index is 0.00264. The van der Waals surface area contributed by atoms with Crippen LogP contribution >= 0.6 is 0 Å². The number of benzene rings is 1. The Morgan fingerprint density at radius 2 is 1.50 bits per heavy atom. The van der Waals surface area contributed by atoms with Gasteiger partial charge in [0.2, 0.25) is 0 Å². The van der Waals surface area contributed by atoms with Gasteiger partial charge in [0.15, 0.2) is 11.5 Å². The molecule has 0 aromatic heterocycles. The molecule has 0 aliphatic rings. The van der Waals surface area contributed by atoms with Gasteiger partial charge in [0.05, 0.1) is 18.4 Å². The average Bonchev–Trinajstić information content (AvgIpc) is 2.86. The van der Waals surface area contributed by atoms with E-state index in [4.69, 9.17) is 24.7 Å². The van der Waals surface area contributed by atoms with E-state index in [-0.39, 0.29) is 36.9 Å². The fourth-order valence-corrected chi connectivity index (χ4v) is 3.44. The Hall–Kier alpha value is -3.14. The van der Waals surface area contributed by atoms with Crippen LogP contribution in [0.4, 0.5) is 4.79 Å². The zero-order valence-corrected chi connectivity index (χ0v) is 23.4. The van der Waals surface area contributed by atoms with Crippen LogP contribution in [0.1, 0.15) is 85.6 Å². The molecule has 1 rings (SSSR count). The quantitative estimate of drug-likeness (QED) is 0.167. The van der Waals surface area contributed by atoms with Crippen LogP contribution in [-0.2, 0) is 30.3 Å². The van der Waals surface area contributed by atoms with Gasteiger partial charge in [-0.25, -0.2) is 4.79 Å². The fraction of sp³-hybridized carbons (Fsp3) is 0.643. The number of unbranched alkanes of at least 4 members (excludes halogenated alkanes) is 2. The predicted molar refractivity (Wildman–Crippen MR) is 141 cm³/mol. The largest absolute Gasteiger partial charge is 0.508 e. The van der Waals surface area contributed by atoms with E-state index in [2.05, 4.69) is 0 Å². The minimum Gasteiger partial charge on any atom is -0.480 e. The highest BCUT2D eigenvalue weighted by Gasteiger charge is 2.37. The minimum atomic E-state index is -1.81. The summed E-state index contributed by atoms with van der Waals surface area (Å²) in [6.45, 7) is 10.9. The number of carboxylic acid groups (broad SMARTS) is 1. The molecule has 0 aliphatic heterocycles. The SMILES string of the molecule is CCCCCOC(=O)O[C@@H](C)CC(N)(Cc1ccc(OC(=O)C(C)CC)c(OC(=O)C(C)CC)c1)C(=O)O. The second-order valence-electron chi connectivity index (χ2n) is 9.82. The van der Waals surface area contributed by atoms with Crippen molar-refractivity contribution >= 4 is 24.1 Å². The molecule has 0 radical (unpaired) electrons. The average molecular weight is 538 g/mol. The third kappa shape index (κ3) is 10.7. The maximum absolute atomic E-state index is 12.5. The van der Waals surface area contributed by atoms with Crippen molar-refractivity contribution in [3.8, 4) is 11.5 Å². The zero-order chi connectivity index (χ0) is 28.9. The van der Waals surface area contributed by atoms with Crippen LogP contribution in [0, 0.1) is 11.8 Å². The molecule has 4 atom stereocenters. The summed E-state index contributed by atoms with van der Waals surface area (Å²) in [5, 5.41) is 9.91. The van der Waals surface area contributed by atoms with E-state index in [1.807, 2.05) is 20.8 Å². The summed E-state index contributed by atoms with van der Waals surface area (Å²) >= 11 is 0. The van der Waals surface area contributed by atoms with Crippen molar-refractivity contribution in [3.05, 3.63) is 23.8 Å². The highest BCUT2D eigenvalue weighted by atomic mass is 16.7. The molecule has 1 aromatic rings. The number of hydrogen-bond donors (Lipinski definition) is 2. The Morgan fingerprint density at radius 3 is 2.03 bits per heavy atom. The molecule has 0 fully saturated rings. The third-order valence-electron chi connectivity index (χ3n) is 6.32. The number of hydrogen-bond acceptors (Lipinski definition) is 9. The summed E-state index contributed by atoms with van der Waals surface area (Å²) in [6.07, 6.45) is 1.63. The van der Waals surface area contributed by atoms with Gasteiger partial charge in [-0.2, -0.15) is 0 Å². The van der Waals surface area contributed by atoms with E-state index in [1.54, 1.807) is 19.9 Å². The van der Waals surface area contributed by atoms with Crippen LogP contribution in [-0.4, -0.2) is 47.4 Å². The molecular formula is C28H43NO9. The van der Waals surface area contributed by atoms with Gasteiger partial charge in [-0.15, -0.1) is 0 Å². The Balaban J connectivity index is 3.11. The van der Waals surface area contributed by atoms with E-state index < -0.39 is 41.6 Å². The van der Waals surface area contributed by atoms with Gasteiger partial charge in [0.25, 0.3) is 0 Å². The van der Waals surface area contributed by atoms with Crippen LogP contribution in [0.3, 0.4) is 0 Å². The molecule has 3 N–H and O–H groups in total. The van der Waals surface area contributed by atoms with Gasteiger partial charge >= 0.3 is 24.1 Å². The highest BCUT2D eigenvalue weighted by molar-refractivity contribution is 5.80. The molecule has 0 heterocycles. The van der Waals surface area contributed by atoms with E-state index in [0.717, 1.165) is 12.8 Å². The Labute approximate surface area is 225 Å². The normalized spacial score (nSPS) is 14.9. The number of carbonyl (C=O) groups excluding carboxylic acids is 3. The topological polar surface area (TPSA) is 151 Å². The molecule has 214 valence electrons. The second kappa shape index (κ2) is 16.0. The third-order valence-corrected chi connectivity index (χ3v) is 6.32. The predicted octanol–water partition coefficient (Wildman–Crippen LogP) is 5.04. The van der Waals surface area contributed by atoms with Gasteiger partial charge in [0, 0.05) is 12.8 Å². The molecule has 0 spiro atoms. The first-order chi connectivity index (χ1) is 17.9. The lowest BCUT2D eigenvalue weighted by Crippen LogP contribution is -2.52. The van der Waals surface area contributed by atoms with E-state index in [9.17, 15) is 24.3 Å². The summed E-state index contributed by atoms with van der Waals surface area (Å²) in [7, 11) is 0. The molecule has 10 nitrogen and oxygen atoms in total. The molecule has 10 heteroatoms. The Kier molecular flexibility index (Phi) is 13.8. The van der Waals surface area contributed by atoms with E-state index >= 15 is 0 Å². The highest BCUT2D eigenvalue weighted by Crippen LogP contribution is 2.32. The molecular weight excluding hydrogens is 494 g/mol. The Bertz CT molecular complexity index is 948. The summed E-state index contributed by atoms with van der Waals surface area (Å²) < 4.78 is 21.2. The van der Waals surface area contributed by atoms with Crippen LogP contribution in [0.5, 0.6) is 11.5 Å². The Morgan fingerprint density at radius 1 is 0.921 bits per heavy atom. The number of carboxylic acids is 1. The monoisotopic (exact) mass is 537 g/mol. The molecule has 0 saturated carbocycles. The van der Waals surface area contributed by atoms with Crippen molar-refractivity contribution in [2.75, 3.05) is 6.61 Å². The van der Waals surface area contributed by atoms with Crippen LogP contribution in [0.25, 0.3) is 0 Å². The van der Waals surface area contributed by atoms with Crippen LogP contribution < -0.4 is 15.2 Å². The molecule has 3 unspecified atom stereocenters. The van der Waals surface area contributed by atoms with Crippen LogP contribution in [0.2, 0.25) is 0 Å². The number of esters is 2. The first-order valence-electron chi connectivity index (χ1n) is 13.3. The van der Waals surface area contributed by atoms with Crippen molar-refractivity contribution in [1.82, 2.24) is 0 Å². The maximum Gasteiger partial charge on any atom is 0.508 e. The number of rotatable bonds is 16. The summed E-state index contributed by atoms with van der Waals surface area (Å²) in [6, 6.07) is 4.44. The van der Waals surface area contributed by atoms with E-state index in [0.29, 0.717) is 24.8 Å². The second-order valence-corrected chi connectivity index (χ2v) is 9.82. The lowest BCUT2D eigenvalue weighted by Gasteiger charge is -2.28. The maximum atomic E-state index is 12.5. The summed E-state index contributed by atoms with van der Waals surface area (Å²) in [5.74, 6) is -3.00. The fourth-order valence-electron chi connectivity index (χ4n) is 3.44. The van der Waals surface area contributed by atoms with Gasteiger partial charge in [-0.3, -0.25) is 14.4 Å². The number of aliphatic carboxylic acids is 1. The molecule has 38 heavy (non-hydrogen) atoms. The van der Waals surface area contributed by atoms with E-state index in [1.165, 1.54) is 19.1 Å². The van der Waals surface area contributed by atoms with Gasteiger partial charge < -0.3 is 29.8 Å².